The van der Waals surface area contributed by atoms with Crippen molar-refractivity contribution < 1.29 is 34.8 Å². The number of hydrogen-bond acceptors (Lipinski definition) is 9. The molecule has 9 nitrogen and oxygen atoms in total. The minimum Gasteiger partial charge on any atom is -0.508 e. The molecule has 1 saturated carbocycles. The van der Waals surface area contributed by atoms with Gasteiger partial charge < -0.3 is 26.2 Å². The number of Topliss-reactive ketones (excluding diaryl/α,β-unsaturated/α-hetero) is 2. The number of aromatic hydroxyl groups is 1. The van der Waals surface area contributed by atoms with Crippen molar-refractivity contribution >= 4 is 57.6 Å². The number of rotatable bonds is 4. The third-order valence-electron chi connectivity index (χ3n) is 7.05. The molecule has 1 aromatic rings. The largest absolute Gasteiger partial charge is 0.508 e. The van der Waals surface area contributed by atoms with E-state index in [0.29, 0.717) is 23.3 Å². The zero-order chi connectivity index (χ0) is 25.3. The van der Waals surface area contributed by atoms with Gasteiger partial charge in [-0.25, -0.2) is 0 Å². The van der Waals surface area contributed by atoms with E-state index in [2.05, 4.69) is 22.6 Å². The van der Waals surface area contributed by atoms with Gasteiger partial charge in [-0.05, 0) is 73.3 Å². The van der Waals surface area contributed by atoms with Crippen molar-refractivity contribution in [2.75, 3.05) is 20.4 Å². The molecule has 4 atom stereocenters. The number of aliphatic hydroxyl groups is 3. The third-order valence-corrected chi connectivity index (χ3v) is 8.61. The molecule has 1 aromatic carbocycles. The van der Waals surface area contributed by atoms with Gasteiger partial charge in [0.15, 0.2) is 11.4 Å². The average molecular weight is 600 g/mol. The number of aliphatic hydroxyl groups excluding tert-OH is 2. The predicted molar refractivity (Wildman–Crippen MR) is 134 cm³/mol. The van der Waals surface area contributed by atoms with Crippen molar-refractivity contribution in [3.05, 3.63) is 43.2 Å². The summed E-state index contributed by atoms with van der Waals surface area (Å²) in [7, 11) is 3.14. The second-order valence-corrected chi connectivity index (χ2v) is 11.1. The number of carbonyl (C=O) groups is 3. The van der Waals surface area contributed by atoms with Crippen LogP contribution in [0.3, 0.4) is 0 Å². The van der Waals surface area contributed by atoms with Crippen molar-refractivity contribution in [1.82, 2.24) is 4.90 Å². The Kier molecular flexibility index (Phi) is 6.28. The second-order valence-electron chi connectivity index (χ2n) is 9.11. The average Bonchev–Trinajstić information content (AvgIpc) is 2.74. The fraction of sp³-hybridized carbons (Fsp3) is 0.435. The zero-order valence-corrected chi connectivity index (χ0v) is 21.7. The summed E-state index contributed by atoms with van der Waals surface area (Å²) in [6.45, 7) is 0. The summed E-state index contributed by atoms with van der Waals surface area (Å²) in [5, 5.41) is 44.5. The quantitative estimate of drug-likeness (QED) is 0.254. The number of phenolic OH excluding ortho intramolecular Hbond substituents is 1. The molecule has 0 bridgehead atoms. The summed E-state index contributed by atoms with van der Waals surface area (Å²) in [6, 6.07) is 0.749. The summed E-state index contributed by atoms with van der Waals surface area (Å²) in [5.41, 5.74) is 3.15. The molecule has 4 rings (SSSR count). The summed E-state index contributed by atoms with van der Waals surface area (Å²) in [6.07, 6.45) is 2.24. The lowest BCUT2D eigenvalue weighted by atomic mass is 9.57. The van der Waals surface area contributed by atoms with Crippen LogP contribution in [0, 0.1) is 15.4 Å². The van der Waals surface area contributed by atoms with Gasteiger partial charge in [-0.3, -0.25) is 19.3 Å². The van der Waals surface area contributed by atoms with Crippen LogP contribution < -0.4 is 5.73 Å². The van der Waals surface area contributed by atoms with Crippen LogP contribution in [0.1, 0.15) is 23.1 Å². The van der Waals surface area contributed by atoms with Gasteiger partial charge >= 0.3 is 0 Å². The van der Waals surface area contributed by atoms with Gasteiger partial charge in [-0.2, -0.15) is 11.8 Å². The molecule has 0 heterocycles. The number of ketones is 2. The minimum absolute atomic E-state index is 0.0785. The minimum atomic E-state index is -2.62. The molecule has 182 valence electrons. The third kappa shape index (κ3) is 3.31. The second kappa shape index (κ2) is 8.54. The smallest absolute Gasteiger partial charge is 0.255 e. The standard InChI is InChI=1S/C23H25IN2O7S/c1-26(2)16-11-5-8-4-10-12(24)6-9(7-34-3)17(27)14(10)18(28)13(8)20(30)23(11,33)21(31)15(19(16)29)22(25)32/h6,8,11,16,27-28,31,33H,4-5,7H2,1-3H3,(H2,25,32)/t8-,11-,16-,23-/m0/s1. The molecule has 3 aliphatic carbocycles. The van der Waals surface area contributed by atoms with Gasteiger partial charge in [0, 0.05) is 26.4 Å². The Morgan fingerprint density at radius 3 is 2.50 bits per heavy atom. The summed E-state index contributed by atoms with van der Waals surface area (Å²) in [4.78, 5) is 40.3. The maximum atomic E-state index is 13.8. The van der Waals surface area contributed by atoms with Gasteiger partial charge in [0.25, 0.3) is 5.91 Å². The lowest BCUT2D eigenvalue weighted by Crippen LogP contribution is -2.65. The van der Waals surface area contributed by atoms with E-state index in [1.54, 1.807) is 14.1 Å². The Balaban J connectivity index is 1.98. The van der Waals surface area contributed by atoms with E-state index in [1.807, 2.05) is 12.3 Å². The number of thioether (sulfide) groups is 1. The number of nitrogens with zero attached hydrogens (tertiary/aromatic N) is 1. The SMILES string of the molecule is CSCc1cc(I)c2c(c1O)C(O)=C1C(=O)[C@]3(O)C(O)=C(C(N)=O)C(=O)[C@@H](N(C)C)[C@@H]3C[C@@H]1C2. The van der Waals surface area contributed by atoms with Gasteiger partial charge in [-0.15, -0.1) is 0 Å². The summed E-state index contributed by atoms with van der Waals surface area (Å²) < 4.78 is 0.816. The lowest BCUT2D eigenvalue weighted by Gasteiger charge is -2.50. The molecule has 1 amide bonds. The maximum Gasteiger partial charge on any atom is 0.255 e. The number of amides is 1. The number of likely N-dealkylation sites (N-methyl/N-ethyl adjacent to an activating group) is 1. The number of carbonyl (C=O) groups excluding carboxylic acids is 3. The molecule has 1 fully saturated rings. The van der Waals surface area contributed by atoms with Crippen LogP contribution in [0.5, 0.6) is 5.75 Å². The van der Waals surface area contributed by atoms with Crippen molar-refractivity contribution in [3.63, 3.8) is 0 Å². The predicted octanol–water partition coefficient (Wildman–Crippen LogP) is 1.43. The fourth-order valence-electron chi connectivity index (χ4n) is 5.58. The van der Waals surface area contributed by atoms with Gasteiger partial charge in [0.1, 0.15) is 22.8 Å². The highest BCUT2D eigenvalue weighted by Gasteiger charge is 2.64. The molecule has 0 saturated heterocycles. The van der Waals surface area contributed by atoms with Crippen LogP contribution in [0.2, 0.25) is 0 Å². The Labute approximate surface area is 213 Å². The number of hydrogen-bond donors (Lipinski definition) is 5. The van der Waals surface area contributed by atoms with Crippen molar-refractivity contribution in [3.8, 4) is 5.75 Å². The van der Waals surface area contributed by atoms with Crippen LogP contribution in [0.4, 0.5) is 0 Å². The number of nitrogens with two attached hydrogens (primary N) is 1. The first kappa shape index (κ1) is 25.0. The Morgan fingerprint density at radius 2 is 1.94 bits per heavy atom. The Hall–Kier alpha value is -2.09. The molecule has 34 heavy (non-hydrogen) atoms. The molecular weight excluding hydrogens is 575 g/mol. The van der Waals surface area contributed by atoms with E-state index < -0.39 is 58.0 Å². The van der Waals surface area contributed by atoms with Gasteiger partial charge in [0.2, 0.25) is 5.78 Å². The molecule has 0 spiro atoms. The van der Waals surface area contributed by atoms with Crippen LogP contribution in [0.15, 0.2) is 23.0 Å². The Morgan fingerprint density at radius 1 is 1.29 bits per heavy atom. The van der Waals surface area contributed by atoms with Crippen molar-refractivity contribution in [1.29, 1.82) is 0 Å². The van der Waals surface area contributed by atoms with E-state index in [0.717, 1.165) is 3.57 Å². The van der Waals surface area contributed by atoms with E-state index >= 15 is 0 Å². The number of phenols is 1. The van der Waals surface area contributed by atoms with E-state index in [9.17, 15) is 34.8 Å². The first-order valence-corrected chi connectivity index (χ1v) is 13.0. The molecule has 3 aliphatic rings. The molecule has 0 aliphatic heterocycles. The van der Waals surface area contributed by atoms with Crippen LogP contribution in [0.25, 0.3) is 5.76 Å². The van der Waals surface area contributed by atoms with Crippen molar-refractivity contribution in [2.24, 2.45) is 17.6 Å². The monoisotopic (exact) mass is 600 g/mol. The van der Waals surface area contributed by atoms with Gasteiger partial charge in [0.05, 0.1) is 11.6 Å². The number of halogens is 1. The Bertz CT molecular complexity index is 1210. The molecule has 11 heteroatoms. The normalized spacial score (nSPS) is 28.7. The number of primary amides is 1. The summed E-state index contributed by atoms with van der Waals surface area (Å²) in [5.74, 6) is -5.87. The number of fused-ring (bicyclic) bond motifs is 3. The lowest BCUT2D eigenvalue weighted by molar-refractivity contribution is -0.153. The first-order valence-electron chi connectivity index (χ1n) is 10.5. The highest BCUT2D eigenvalue weighted by Crippen LogP contribution is 2.53. The molecule has 0 radical (unpaired) electrons. The van der Waals surface area contributed by atoms with Gasteiger partial charge in [-0.1, -0.05) is 0 Å². The molecule has 0 unspecified atom stereocenters. The van der Waals surface area contributed by atoms with E-state index in [1.165, 1.54) is 16.7 Å². The highest BCUT2D eigenvalue weighted by atomic mass is 127. The van der Waals surface area contributed by atoms with Crippen LogP contribution in [-0.2, 0) is 26.6 Å². The number of benzene rings is 1. The van der Waals surface area contributed by atoms with E-state index in [-0.39, 0.29) is 23.3 Å². The molecule has 0 aromatic heterocycles. The van der Waals surface area contributed by atoms with Crippen molar-refractivity contribution in [2.45, 2.75) is 30.2 Å². The fourth-order valence-corrected chi connectivity index (χ4v) is 6.98. The highest BCUT2D eigenvalue weighted by molar-refractivity contribution is 14.1. The first-order chi connectivity index (χ1) is 15.9. The summed E-state index contributed by atoms with van der Waals surface area (Å²) >= 11 is 3.61. The van der Waals surface area contributed by atoms with Crippen LogP contribution in [-0.4, -0.2) is 74.8 Å². The zero-order valence-electron chi connectivity index (χ0n) is 18.8. The molecule has 6 N–H and O–H groups in total. The van der Waals surface area contributed by atoms with E-state index in [4.69, 9.17) is 5.73 Å². The molecular formula is C23H25IN2O7S. The maximum absolute atomic E-state index is 13.8. The van der Waals surface area contributed by atoms with Crippen LogP contribution >= 0.6 is 34.4 Å². The topological polar surface area (TPSA) is 161 Å².